The van der Waals surface area contributed by atoms with E-state index in [0.29, 0.717) is 26.8 Å². The maximum absolute atomic E-state index is 13.3. The Morgan fingerprint density at radius 2 is 1.49 bits per heavy atom. The Hall–Kier alpha value is -3.99. The largest absolute Gasteiger partial charge is 0.367 e. The van der Waals surface area contributed by atoms with E-state index in [1.165, 1.54) is 21.3 Å². The van der Waals surface area contributed by atoms with Crippen LogP contribution in [0.5, 0.6) is 0 Å². The lowest BCUT2D eigenvalue weighted by Crippen LogP contribution is -2.31. The van der Waals surface area contributed by atoms with Crippen molar-refractivity contribution >= 4 is 44.8 Å². The fourth-order valence-corrected chi connectivity index (χ4v) is 5.63. The lowest BCUT2D eigenvalue weighted by atomic mass is 9.97. The molecule has 0 aliphatic heterocycles. The molecule has 1 N–H and O–H groups in total. The Balaban J connectivity index is 1.52. The van der Waals surface area contributed by atoms with E-state index < -0.39 is 21.6 Å². The molecule has 3 aromatic carbocycles. The molecule has 41 heavy (non-hydrogen) atoms. The molecule has 0 atom stereocenters. The van der Waals surface area contributed by atoms with Gasteiger partial charge in [0.05, 0.1) is 17.6 Å². The van der Waals surface area contributed by atoms with Crippen LogP contribution in [0.25, 0.3) is 27.9 Å². The summed E-state index contributed by atoms with van der Waals surface area (Å²) in [5, 5.41) is 10.2. The van der Waals surface area contributed by atoms with Gasteiger partial charge in [-0.25, -0.2) is 22.6 Å². The fraction of sp³-hybridized carbons (Fsp3) is 0.172. The minimum atomic E-state index is -4.01. The van der Waals surface area contributed by atoms with Crippen LogP contribution < -0.4 is 10.4 Å². The molecule has 9 nitrogen and oxygen atoms in total. The van der Waals surface area contributed by atoms with Crippen LogP contribution in [-0.2, 0) is 21.4 Å². The average Bonchev–Trinajstić information content (AvgIpc) is 3.23. The van der Waals surface area contributed by atoms with Crippen LogP contribution in [0.1, 0.15) is 25.8 Å². The summed E-state index contributed by atoms with van der Waals surface area (Å²) >= 11 is 12.2. The quantitative estimate of drug-likeness (QED) is 0.251. The Morgan fingerprint density at radius 1 is 0.902 bits per heavy atom. The number of amides is 1. The minimum absolute atomic E-state index is 0.0216. The summed E-state index contributed by atoms with van der Waals surface area (Å²) in [6.45, 7) is 3.72. The van der Waals surface area contributed by atoms with Gasteiger partial charge in [0.1, 0.15) is 0 Å². The van der Waals surface area contributed by atoms with Crippen LogP contribution >= 0.6 is 23.2 Å². The van der Waals surface area contributed by atoms with Gasteiger partial charge in [0, 0.05) is 27.6 Å². The molecular weight excluding hydrogens is 585 g/mol. The fourth-order valence-electron chi connectivity index (χ4n) is 4.38. The van der Waals surface area contributed by atoms with E-state index in [2.05, 4.69) is 14.9 Å². The molecule has 0 bridgehead atoms. The molecule has 12 heteroatoms. The first-order valence-electron chi connectivity index (χ1n) is 12.7. The van der Waals surface area contributed by atoms with E-state index in [1.54, 1.807) is 42.6 Å². The lowest BCUT2D eigenvalue weighted by Gasteiger charge is -2.11. The second kappa shape index (κ2) is 11.5. The molecular formula is C29H25Cl2N5O4S. The molecule has 0 aliphatic rings. The summed E-state index contributed by atoms with van der Waals surface area (Å²) < 4.78 is 29.8. The molecule has 0 fully saturated rings. The number of hydrogen-bond acceptors (Lipinski definition) is 6. The van der Waals surface area contributed by atoms with Gasteiger partial charge in [0.15, 0.2) is 5.65 Å². The zero-order valence-corrected chi connectivity index (χ0v) is 24.4. The van der Waals surface area contributed by atoms with Crippen LogP contribution in [0.4, 0.5) is 0 Å². The van der Waals surface area contributed by atoms with Crippen molar-refractivity contribution in [1.29, 1.82) is 0 Å². The number of benzene rings is 3. The van der Waals surface area contributed by atoms with Crippen molar-refractivity contribution in [2.24, 2.45) is 5.92 Å². The molecule has 0 radical (unpaired) electrons. The third kappa shape index (κ3) is 6.19. The van der Waals surface area contributed by atoms with Gasteiger partial charge in [-0.05, 0) is 59.0 Å². The first kappa shape index (κ1) is 28.5. The number of hydrogen-bond donors (Lipinski definition) is 1. The summed E-state index contributed by atoms with van der Waals surface area (Å²) in [5.74, 6) is -0.546. The maximum atomic E-state index is 13.3. The van der Waals surface area contributed by atoms with E-state index in [1.807, 2.05) is 38.1 Å². The van der Waals surface area contributed by atoms with Crippen molar-refractivity contribution in [1.82, 2.24) is 24.1 Å². The molecule has 0 aliphatic carbocycles. The van der Waals surface area contributed by atoms with Gasteiger partial charge in [-0.2, -0.15) is 9.61 Å². The zero-order chi connectivity index (χ0) is 29.3. The van der Waals surface area contributed by atoms with Crippen molar-refractivity contribution in [2.75, 3.05) is 0 Å². The van der Waals surface area contributed by atoms with Gasteiger partial charge in [0.2, 0.25) is 5.91 Å². The molecule has 5 aromatic rings. The summed E-state index contributed by atoms with van der Waals surface area (Å²) in [6.07, 6.45) is 1.71. The van der Waals surface area contributed by atoms with E-state index in [4.69, 9.17) is 23.2 Å². The number of nitrogens with one attached hydrogen (secondary N) is 1. The van der Waals surface area contributed by atoms with Crippen molar-refractivity contribution in [3.05, 3.63) is 105 Å². The molecule has 2 aromatic heterocycles. The molecule has 2 heterocycles. The SMILES string of the molecule is CC(C)CC(=O)NS(=O)(=O)c1ccc(Cn2nc3c(-c4ccc(Cl)cc4)c(-c4ccc(Cl)cc4)cnn3c2=O)cc1. The second-order valence-electron chi connectivity index (χ2n) is 9.89. The zero-order valence-electron chi connectivity index (χ0n) is 22.1. The Morgan fingerprint density at radius 3 is 2.07 bits per heavy atom. The highest BCUT2D eigenvalue weighted by Gasteiger charge is 2.20. The van der Waals surface area contributed by atoms with E-state index in [-0.39, 0.29) is 23.8 Å². The Labute approximate surface area is 246 Å². The number of nitrogens with zero attached hydrogens (tertiary/aromatic N) is 4. The maximum Gasteiger partial charge on any atom is 0.367 e. The second-order valence-corrected chi connectivity index (χ2v) is 12.4. The molecule has 5 rings (SSSR count). The number of rotatable bonds is 8. The first-order valence-corrected chi connectivity index (χ1v) is 14.9. The van der Waals surface area contributed by atoms with Gasteiger partial charge in [-0.1, -0.05) is 73.4 Å². The molecule has 0 spiro atoms. The molecule has 0 saturated heterocycles. The summed E-state index contributed by atoms with van der Waals surface area (Å²) in [4.78, 5) is 25.3. The number of fused-ring (bicyclic) bond motifs is 1. The average molecular weight is 611 g/mol. The van der Waals surface area contributed by atoms with Crippen molar-refractivity contribution < 1.29 is 13.2 Å². The van der Waals surface area contributed by atoms with Crippen molar-refractivity contribution in [3.63, 3.8) is 0 Å². The highest BCUT2D eigenvalue weighted by molar-refractivity contribution is 7.90. The number of aromatic nitrogens is 4. The van der Waals surface area contributed by atoms with Crippen LogP contribution in [0.15, 0.2) is 88.7 Å². The summed E-state index contributed by atoms with van der Waals surface area (Å²) in [5.41, 5.74) is 3.59. The predicted octanol–water partition coefficient (Wildman–Crippen LogP) is 5.43. The van der Waals surface area contributed by atoms with E-state index in [0.717, 1.165) is 16.7 Å². The van der Waals surface area contributed by atoms with Gasteiger partial charge < -0.3 is 0 Å². The molecule has 0 saturated carbocycles. The smallest absolute Gasteiger partial charge is 0.274 e. The lowest BCUT2D eigenvalue weighted by molar-refractivity contribution is -0.120. The normalized spacial score (nSPS) is 11.7. The van der Waals surface area contributed by atoms with Gasteiger partial charge in [0.25, 0.3) is 10.0 Å². The molecule has 0 unspecified atom stereocenters. The number of carbonyl (C=O) groups excluding carboxylic acids is 1. The van der Waals surface area contributed by atoms with E-state index >= 15 is 0 Å². The van der Waals surface area contributed by atoms with Gasteiger partial charge in [-0.3, -0.25) is 4.79 Å². The van der Waals surface area contributed by atoms with Gasteiger partial charge >= 0.3 is 5.69 Å². The van der Waals surface area contributed by atoms with Crippen LogP contribution in [-0.4, -0.2) is 33.7 Å². The van der Waals surface area contributed by atoms with Gasteiger partial charge in [-0.15, -0.1) is 5.10 Å². The predicted molar refractivity (Wildman–Crippen MR) is 158 cm³/mol. The number of sulfonamides is 1. The standard InChI is InChI=1S/C29H25Cl2N5O4S/c1-18(2)15-26(37)34-41(39,40)24-13-3-19(4-14-24)17-35-29(38)36-28(33-35)27(21-7-11-23(31)12-8-21)25(16-32-36)20-5-9-22(30)10-6-20/h3-14,16,18H,15,17H2,1-2H3,(H,34,37). The summed E-state index contributed by atoms with van der Waals surface area (Å²) in [7, 11) is -4.01. The Kier molecular flexibility index (Phi) is 7.99. The van der Waals surface area contributed by atoms with Crippen LogP contribution in [0, 0.1) is 5.92 Å². The monoisotopic (exact) mass is 609 g/mol. The third-order valence-electron chi connectivity index (χ3n) is 6.31. The highest BCUT2D eigenvalue weighted by atomic mass is 35.5. The van der Waals surface area contributed by atoms with Crippen LogP contribution in [0.2, 0.25) is 10.0 Å². The number of halogens is 2. The van der Waals surface area contributed by atoms with E-state index in [9.17, 15) is 18.0 Å². The minimum Gasteiger partial charge on any atom is -0.274 e. The van der Waals surface area contributed by atoms with Crippen molar-refractivity contribution in [3.8, 4) is 22.3 Å². The van der Waals surface area contributed by atoms with Crippen LogP contribution in [0.3, 0.4) is 0 Å². The van der Waals surface area contributed by atoms with Crippen molar-refractivity contribution in [2.45, 2.75) is 31.7 Å². The third-order valence-corrected chi connectivity index (χ3v) is 8.20. The number of carbonyl (C=O) groups is 1. The summed E-state index contributed by atoms with van der Waals surface area (Å²) in [6, 6.07) is 20.4. The molecule has 210 valence electrons. The molecule has 1 amide bonds. The first-order chi connectivity index (χ1) is 19.5. The Bertz CT molecular complexity index is 1900. The topological polar surface area (TPSA) is 115 Å². The highest BCUT2D eigenvalue weighted by Crippen LogP contribution is 2.35.